The van der Waals surface area contributed by atoms with E-state index in [0.29, 0.717) is 24.9 Å². The van der Waals surface area contributed by atoms with Crippen LogP contribution in [0.3, 0.4) is 0 Å². The summed E-state index contributed by atoms with van der Waals surface area (Å²) in [4.78, 5) is 12.7. The zero-order valence-electron chi connectivity index (χ0n) is 13.2. The van der Waals surface area contributed by atoms with E-state index in [1.54, 1.807) is 18.2 Å². The van der Waals surface area contributed by atoms with Crippen molar-refractivity contribution >= 4 is 6.09 Å². The largest absolute Gasteiger partial charge is 0.465 e. The second-order valence-electron chi connectivity index (χ2n) is 6.09. The monoisotopic (exact) mass is 329 g/mol. The summed E-state index contributed by atoms with van der Waals surface area (Å²) in [5, 5.41) is 20.3. The second-order valence-corrected chi connectivity index (χ2v) is 6.09. The number of benzene rings is 2. The fourth-order valence-corrected chi connectivity index (χ4v) is 3.56. The summed E-state index contributed by atoms with van der Waals surface area (Å²) >= 11 is 0. The van der Waals surface area contributed by atoms with Crippen LogP contribution in [0.15, 0.2) is 54.6 Å². The highest BCUT2D eigenvalue weighted by atomic mass is 19.1. The molecule has 1 amide bonds. The van der Waals surface area contributed by atoms with Crippen LogP contribution < -0.4 is 0 Å². The number of hydrogen-bond donors (Lipinski definition) is 2. The summed E-state index contributed by atoms with van der Waals surface area (Å²) in [5.41, 5.74) is 1.15. The Bertz CT molecular complexity index is 707. The Hall–Kier alpha value is -2.40. The molecule has 24 heavy (non-hydrogen) atoms. The Kier molecular flexibility index (Phi) is 4.81. The molecule has 3 rings (SSSR count). The molecule has 1 unspecified atom stereocenters. The van der Waals surface area contributed by atoms with E-state index >= 15 is 0 Å². The van der Waals surface area contributed by atoms with E-state index in [0.717, 1.165) is 5.56 Å². The molecule has 0 radical (unpaired) electrons. The molecule has 0 aliphatic carbocycles. The van der Waals surface area contributed by atoms with Gasteiger partial charge in [-0.2, -0.15) is 0 Å². The topological polar surface area (TPSA) is 60.8 Å². The predicted octanol–water partition coefficient (Wildman–Crippen LogP) is 3.46. The number of hydrogen-bond acceptors (Lipinski definition) is 2. The van der Waals surface area contributed by atoms with Crippen LogP contribution in [0, 0.1) is 5.82 Å². The van der Waals surface area contributed by atoms with Gasteiger partial charge in [-0.15, -0.1) is 0 Å². The number of amides is 1. The van der Waals surface area contributed by atoms with Crippen LogP contribution in [0.25, 0.3) is 0 Å². The number of aliphatic hydroxyl groups is 1. The van der Waals surface area contributed by atoms with Gasteiger partial charge in [-0.05, 0) is 30.0 Å². The molecule has 3 atom stereocenters. The van der Waals surface area contributed by atoms with E-state index in [4.69, 9.17) is 0 Å². The van der Waals surface area contributed by atoms with Crippen LogP contribution in [0.5, 0.6) is 0 Å². The molecular formula is C19H20FNO3. The molecule has 0 bridgehead atoms. The lowest BCUT2D eigenvalue weighted by Gasteiger charge is -2.32. The normalized spacial score (nSPS) is 19.9. The molecule has 4 nitrogen and oxygen atoms in total. The average Bonchev–Trinajstić information content (AvgIpc) is 3.08. The first kappa shape index (κ1) is 16.5. The third kappa shape index (κ3) is 3.12. The van der Waals surface area contributed by atoms with Gasteiger partial charge in [0.15, 0.2) is 0 Å². The molecular weight excluding hydrogens is 309 g/mol. The van der Waals surface area contributed by atoms with Crippen molar-refractivity contribution in [1.82, 2.24) is 4.90 Å². The Balaban J connectivity index is 2.02. The lowest BCUT2D eigenvalue weighted by molar-refractivity contribution is 0.0577. The highest BCUT2D eigenvalue weighted by Gasteiger charge is 2.39. The van der Waals surface area contributed by atoms with Gasteiger partial charge >= 0.3 is 6.09 Å². The van der Waals surface area contributed by atoms with E-state index in [9.17, 15) is 19.4 Å². The van der Waals surface area contributed by atoms with Gasteiger partial charge in [0.2, 0.25) is 0 Å². The lowest BCUT2D eigenvalue weighted by atomic mass is 9.82. The molecule has 126 valence electrons. The zero-order valence-corrected chi connectivity index (χ0v) is 13.2. The Morgan fingerprint density at radius 3 is 2.46 bits per heavy atom. The fourth-order valence-electron chi connectivity index (χ4n) is 3.56. The fraction of sp³-hybridized carbons (Fsp3) is 0.316. The van der Waals surface area contributed by atoms with Gasteiger partial charge in [0, 0.05) is 12.5 Å². The molecule has 2 aromatic rings. The average molecular weight is 329 g/mol. The van der Waals surface area contributed by atoms with E-state index < -0.39 is 30.0 Å². The SMILES string of the molecule is O=C(O)N1CCCC1[C@@H](O)[C@@H](c1ccccc1)c1ccccc1F. The highest BCUT2D eigenvalue weighted by molar-refractivity contribution is 5.66. The Morgan fingerprint density at radius 2 is 1.79 bits per heavy atom. The van der Waals surface area contributed by atoms with Gasteiger partial charge < -0.3 is 15.1 Å². The maximum Gasteiger partial charge on any atom is 0.407 e. The summed E-state index contributed by atoms with van der Waals surface area (Å²) in [6, 6.07) is 15.0. The first-order valence-corrected chi connectivity index (χ1v) is 8.06. The molecule has 5 heteroatoms. The van der Waals surface area contributed by atoms with Gasteiger partial charge in [0.25, 0.3) is 0 Å². The standard InChI is InChI=1S/C19H20FNO3/c20-15-10-5-4-9-14(15)17(13-7-2-1-3-8-13)18(22)16-11-6-12-21(16)19(23)24/h1-5,7-10,16-18,22H,6,11-12H2,(H,23,24)/t16?,17-,18+/m0/s1. The van der Waals surface area contributed by atoms with E-state index in [1.807, 2.05) is 30.3 Å². The van der Waals surface area contributed by atoms with E-state index in [1.165, 1.54) is 11.0 Å². The first-order valence-electron chi connectivity index (χ1n) is 8.06. The van der Waals surface area contributed by atoms with Crippen LogP contribution in [0.1, 0.15) is 29.9 Å². The number of aliphatic hydroxyl groups excluding tert-OH is 1. The van der Waals surface area contributed by atoms with Crippen molar-refractivity contribution in [2.45, 2.75) is 30.9 Å². The van der Waals surface area contributed by atoms with Gasteiger partial charge in [0.05, 0.1) is 12.1 Å². The van der Waals surface area contributed by atoms with Crippen molar-refractivity contribution in [2.24, 2.45) is 0 Å². The number of nitrogens with zero attached hydrogens (tertiary/aromatic N) is 1. The second kappa shape index (κ2) is 7.01. The van der Waals surface area contributed by atoms with Crippen LogP contribution >= 0.6 is 0 Å². The number of rotatable bonds is 4. The van der Waals surface area contributed by atoms with Crippen molar-refractivity contribution in [3.05, 3.63) is 71.5 Å². The first-order chi connectivity index (χ1) is 11.6. The lowest BCUT2D eigenvalue weighted by Crippen LogP contribution is -2.45. The van der Waals surface area contributed by atoms with Crippen molar-refractivity contribution < 1.29 is 19.4 Å². The summed E-state index contributed by atoms with van der Waals surface area (Å²) in [7, 11) is 0. The molecule has 1 fully saturated rings. The Morgan fingerprint density at radius 1 is 1.12 bits per heavy atom. The van der Waals surface area contributed by atoms with Gasteiger partial charge in [-0.25, -0.2) is 9.18 Å². The molecule has 2 N–H and O–H groups in total. The van der Waals surface area contributed by atoms with Gasteiger partial charge in [-0.1, -0.05) is 48.5 Å². The molecule has 1 heterocycles. The molecule has 0 aromatic heterocycles. The molecule has 0 spiro atoms. The van der Waals surface area contributed by atoms with E-state index in [-0.39, 0.29) is 0 Å². The van der Waals surface area contributed by atoms with Crippen molar-refractivity contribution in [2.75, 3.05) is 6.54 Å². The van der Waals surface area contributed by atoms with Crippen LogP contribution in [-0.2, 0) is 0 Å². The predicted molar refractivity (Wildman–Crippen MR) is 88.4 cm³/mol. The molecule has 1 saturated heterocycles. The van der Waals surface area contributed by atoms with Gasteiger partial charge in [0.1, 0.15) is 5.82 Å². The number of likely N-dealkylation sites (tertiary alicyclic amines) is 1. The third-order valence-electron chi connectivity index (χ3n) is 4.68. The number of halogens is 1. The number of carbonyl (C=O) groups is 1. The molecule has 2 aromatic carbocycles. The Labute approximate surface area is 140 Å². The minimum absolute atomic E-state index is 0.383. The molecule has 1 aliphatic rings. The summed E-state index contributed by atoms with van der Waals surface area (Å²) in [6.07, 6.45) is -0.780. The summed E-state index contributed by atoms with van der Waals surface area (Å²) in [6.45, 7) is 0.399. The summed E-state index contributed by atoms with van der Waals surface area (Å²) in [5.74, 6) is -1.01. The van der Waals surface area contributed by atoms with Crippen molar-refractivity contribution in [1.29, 1.82) is 0 Å². The van der Waals surface area contributed by atoms with Gasteiger partial charge in [-0.3, -0.25) is 0 Å². The maximum absolute atomic E-state index is 14.4. The summed E-state index contributed by atoms with van der Waals surface area (Å²) < 4.78 is 14.4. The number of carboxylic acid groups (broad SMARTS) is 1. The van der Waals surface area contributed by atoms with Crippen LogP contribution in [0.4, 0.5) is 9.18 Å². The highest BCUT2D eigenvalue weighted by Crippen LogP contribution is 2.35. The van der Waals surface area contributed by atoms with Crippen molar-refractivity contribution in [3.8, 4) is 0 Å². The maximum atomic E-state index is 14.4. The van der Waals surface area contributed by atoms with Crippen LogP contribution in [-0.4, -0.2) is 39.9 Å². The quantitative estimate of drug-likeness (QED) is 0.903. The third-order valence-corrected chi connectivity index (χ3v) is 4.68. The smallest absolute Gasteiger partial charge is 0.407 e. The minimum atomic E-state index is -1.04. The molecule has 1 aliphatic heterocycles. The molecule has 0 saturated carbocycles. The van der Waals surface area contributed by atoms with Crippen LogP contribution in [0.2, 0.25) is 0 Å². The van der Waals surface area contributed by atoms with E-state index in [2.05, 4.69) is 0 Å². The van der Waals surface area contributed by atoms with Crippen molar-refractivity contribution in [3.63, 3.8) is 0 Å². The minimum Gasteiger partial charge on any atom is -0.465 e. The zero-order chi connectivity index (χ0) is 17.1.